The minimum absolute atomic E-state index is 0.101. The number of carbonyl (C=O) groups excluding carboxylic acids is 2. The largest absolute Gasteiger partial charge is 0.338 e. The summed E-state index contributed by atoms with van der Waals surface area (Å²) in [5, 5.41) is 7.39. The molecule has 3 amide bonds. The van der Waals surface area contributed by atoms with Crippen LogP contribution in [0.3, 0.4) is 0 Å². The van der Waals surface area contributed by atoms with E-state index >= 15 is 0 Å². The summed E-state index contributed by atoms with van der Waals surface area (Å²) in [6, 6.07) is 1.99. The third kappa shape index (κ3) is 2.84. The second kappa shape index (κ2) is 5.93. The molecule has 2 aliphatic rings. The zero-order valence-electron chi connectivity index (χ0n) is 12.4. The lowest BCUT2D eigenvalue weighted by Gasteiger charge is -2.26. The molecule has 1 fully saturated rings. The summed E-state index contributed by atoms with van der Waals surface area (Å²) < 4.78 is 0. The molecule has 0 radical (unpaired) electrons. The van der Waals surface area contributed by atoms with E-state index in [0.29, 0.717) is 31.2 Å². The summed E-state index contributed by atoms with van der Waals surface area (Å²) in [6.45, 7) is 2.75. The standard InChI is InChI=1S/C15H16N4O2S2/c20-13(18-4-1-12-10(8-18)2-6-22-12)7-11-9-23-15(17-11)19-5-3-16-14(19)21/h2,6,9H,1,3-5,7-8H2,(H,16,21). The van der Waals surface area contributed by atoms with E-state index in [1.54, 1.807) is 16.2 Å². The van der Waals surface area contributed by atoms with Crippen molar-refractivity contribution in [1.82, 2.24) is 15.2 Å². The van der Waals surface area contributed by atoms with Crippen molar-refractivity contribution in [3.63, 3.8) is 0 Å². The molecule has 120 valence electrons. The zero-order valence-corrected chi connectivity index (χ0v) is 14.1. The summed E-state index contributed by atoms with van der Waals surface area (Å²) in [7, 11) is 0. The molecule has 2 aromatic heterocycles. The highest BCUT2D eigenvalue weighted by Crippen LogP contribution is 2.26. The van der Waals surface area contributed by atoms with Gasteiger partial charge < -0.3 is 10.2 Å². The molecule has 0 bridgehead atoms. The van der Waals surface area contributed by atoms with E-state index < -0.39 is 0 Å². The maximum absolute atomic E-state index is 12.5. The number of carbonyl (C=O) groups is 2. The number of amides is 3. The number of rotatable bonds is 3. The summed E-state index contributed by atoms with van der Waals surface area (Å²) in [5.41, 5.74) is 2.01. The number of thiophene rings is 1. The van der Waals surface area contributed by atoms with Gasteiger partial charge in [-0.3, -0.25) is 9.69 Å². The van der Waals surface area contributed by atoms with Crippen LogP contribution in [0.5, 0.6) is 0 Å². The number of hydrogen-bond acceptors (Lipinski definition) is 5. The second-order valence-electron chi connectivity index (χ2n) is 5.62. The molecule has 1 N–H and O–H groups in total. The average Bonchev–Trinajstić information content (AvgIpc) is 3.26. The number of anilines is 1. The molecule has 2 aromatic rings. The first-order valence-electron chi connectivity index (χ1n) is 7.53. The SMILES string of the molecule is O=C(Cc1csc(N2CCNC2=O)n1)N1CCc2sccc2C1. The third-order valence-electron chi connectivity index (χ3n) is 4.12. The fourth-order valence-electron chi connectivity index (χ4n) is 2.88. The van der Waals surface area contributed by atoms with Crippen molar-refractivity contribution in [3.05, 3.63) is 33.0 Å². The van der Waals surface area contributed by atoms with Crippen molar-refractivity contribution >= 4 is 39.7 Å². The van der Waals surface area contributed by atoms with Gasteiger partial charge in [-0.1, -0.05) is 0 Å². The number of nitrogens with zero attached hydrogens (tertiary/aromatic N) is 3. The van der Waals surface area contributed by atoms with E-state index in [-0.39, 0.29) is 11.9 Å². The Balaban J connectivity index is 1.41. The Bertz CT molecular complexity index is 754. The zero-order chi connectivity index (χ0) is 15.8. The topological polar surface area (TPSA) is 65.5 Å². The van der Waals surface area contributed by atoms with E-state index in [2.05, 4.69) is 21.7 Å². The first kappa shape index (κ1) is 14.6. The molecule has 0 spiro atoms. The van der Waals surface area contributed by atoms with Crippen LogP contribution in [0.1, 0.15) is 16.1 Å². The number of urea groups is 1. The first-order valence-corrected chi connectivity index (χ1v) is 9.29. The maximum atomic E-state index is 12.5. The third-order valence-corrected chi connectivity index (χ3v) is 6.06. The lowest BCUT2D eigenvalue weighted by atomic mass is 10.1. The van der Waals surface area contributed by atoms with Crippen LogP contribution in [-0.4, -0.2) is 41.5 Å². The highest BCUT2D eigenvalue weighted by molar-refractivity contribution is 7.14. The molecule has 0 aromatic carbocycles. The van der Waals surface area contributed by atoms with Gasteiger partial charge >= 0.3 is 6.03 Å². The highest BCUT2D eigenvalue weighted by Gasteiger charge is 2.25. The molecule has 6 nitrogen and oxygen atoms in total. The summed E-state index contributed by atoms with van der Waals surface area (Å²) in [6.07, 6.45) is 1.24. The van der Waals surface area contributed by atoms with E-state index in [0.717, 1.165) is 18.7 Å². The van der Waals surface area contributed by atoms with Gasteiger partial charge in [-0.15, -0.1) is 22.7 Å². The number of hydrogen-bond donors (Lipinski definition) is 1. The lowest BCUT2D eigenvalue weighted by molar-refractivity contribution is -0.131. The van der Waals surface area contributed by atoms with Gasteiger partial charge in [0.1, 0.15) is 0 Å². The van der Waals surface area contributed by atoms with Crippen LogP contribution in [0, 0.1) is 0 Å². The predicted octanol–water partition coefficient (Wildman–Crippen LogP) is 1.86. The quantitative estimate of drug-likeness (QED) is 0.921. The smallest absolute Gasteiger partial charge is 0.323 e. The van der Waals surface area contributed by atoms with Crippen molar-refractivity contribution in [1.29, 1.82) is 0 Å². The molecule has 0 atom stereocenters. The van der Waals surface area contributed by atoms with Gasteiger partial charge in [0.2, 0.25) is 5.91 Å². The van der Waals surface area contributed by atoms with E-state index in [9.17, 15) is 9.59 Å². The van der Waals surface area contributed by atoms with E-state index in [1.807, 2.05) is 10.3 Å². The van der Waals surface area contributed by atoms with Crippen molar-refractivity contribution in [2.45, 2.75) is 19.4 Å². The Labute approximate surface area is 141 Å². The van der Waals surface area contributed by atoms with Gasteiger partial charge in [0, 0.05) is 36.4 Å². The molecular formula is C15H16N4O2S2. The Kier molecular flexibility index (Phi) is 3.78. The predicted molar refractivity (Wildman–Crippen MR) is 90.0 cm³/mol. The van der Waals surface area contributed by atoms with Crippen LogP contribution in [0.2, 0.25) is 0 Å². The number of aromatic nitrogens is 1. The van der Waals surface area contributed by atoms with Gasteiger partial charge in [0.25, 0.3) is 0 Å². The molecule has 0 saturated carbocycles. The van der Waals surface area contributed by atoms with Gasteiger partial charge in [0.15, 0.2) is 5.13 Å². The lowest BCUT2D eigenvalue weighted by Crippen LogP contribution is -2.36. The van der Waals surface area contributed by atoms with Crippen LogP contribution in [0.25, 0.3) is 0 Å². The van der Waals surface area contributed by atoms with E-state index in [4.69, 9.17) is 0 Å². The number of fused-ring (bicyclic) bond motifs is 1. The molecule has 8 heteroatoms. The van der Waals surface area contributed by atoms with Gasteiger partial charge in [-0.2, -0.15) is 0 Å². The van der Waals surface area contributed by atoms with Crippen LogP contribution < -0.4 is 10.2 Å². The van der Waals surface area contributed by atoms with Crippen molar-refractivity contribution < 1.29 is 9.59 Å². The van der Waals surface area contributed by atoms with Crippen molar-refractivity contribution in [3.8, 4) is 0 Å². The average molecular weight is 348 g/mol. The van der Waals surface area contributed by atoms with Crippen LogP contribution >= 0.6 is 22.7 Å². The summed E-state index contributed by atoms with van der Waals surface area (Å²) in [4.78, 5) is 33.5. The molecule has 0 unspecified atom stereocenters. The monoisotopic (exact) mass is 348 g/mol. The van der Waals surface area contributed by atoms with Crippen LogP contribution in [0.15, 0.2) is 16.8 Å². The Morgan fingerprint density at radius 1 is 1.35 bits per heavy atom. The van der Waals surface area contributed by atoms with Gasteiger partial charge in [-0.05, 0) is 23.4 Å². The van der Waals surface area contributed by atoms with Crippen LogP contribution in [0.4, 0.5) is 9.93 Å². The number of nitrogens with one attached hydrogen (secondary N) is 1. The molecule has 4 heterocycles. The molecule has 2 aliphatic heterocycles. The molecule has 4 rings (SSSR count). The molecule has 0 aliphatic carbocycles. The van der Waals surface area contributed by atoms with Gasteiger partial charge in [0.05, 0.1) is 12.1 Å². The second-order valence-corrected chi connectivity index (χ2v) is 7.45. The Morgan fingerprint density at radius 3 is 3.09 bits per heavy atom. The van der Waals surface area contributed by atoms with Crippen molar-refractivity contribution in [2.75, 3.05) is 24.5 Å². The first-order chi connectivity index (χ1) is 11.2. The van der Waals surface area contributed by atoms with Crippen LogP contribution in [-0.2, 0) is 24.2 Å². The number of thiazole rings is 1. The fraction of sp³-hybridized carbons (Fsp3) is 0.400. The summed E-state index contributed by atoms with van der Waals surface area (Å²) in [5.74, 6) is 0.101. The molecule has 1 saturated heterocycles. The van der Waals surface area contributed by atoms with E-state index in [1.165, 1.54) is 21.8 Å². The van der Waals surface area contributed by atoms with Crippen molar-refractivity contribution in [2.24, 2.45) is 0 Å². The fourth-order valence-corrected chi connectivity index (χ4v) is 4.62. The minimum Gasteiger partial charge on any atom is -0.338 e. The summed E-state index contributed by atoms with van der Waals surface area (Å²) >= 11 is 3.18. The maximum Gasteiger partial charge on any atom is 0.323 e. The van der Waals surface area contributed by atoms with Gasteiger partial charge in [-0.25, -0.2) is 9.78 Å². The Hall–Kier alpha value is -1.93. The molecule has 23 heavy (non-hydrogen) atoms. The molecular weight excluding hydrogens is 332 g/mol. The minimum atomic E-state index is -0.113. The normalized spacial score (nSPS) is 17.3. The Morgan fingerprint density at radius 2 is 2.26 bits per heavy atom. The highest BCUT2D eigenvalue weighted by atomic mass is 32.1.